The number of hydrogen-bond acceptors (Lipinski definition) is 2. The second-order valence-electron chi connectivity index (χ2n) is 3.43. The third kappa shape index (κ3) is 3.09. The van der Waals surface area contributed by atoms with Crippen LogP contribution < -0.4 is 11.1 Å². The maximum Gasteiger partial charge on any atom is 0.316 e. The summed E-state index contributed by atoms with van der Waals surface area (Å²) < 4.78 is 0. The first-order valence-corrected chi connectivity index (χ1v) is 4.65. The number of carbonyl (C=O) groups is 2. The molecule has 1 aliphatic rings. The summed E-state index contributed by atoms with van der Waals surface area (Å²) in [6, 6.07) is -0.609. The molecule has 0 aliphatic heterocycles. The van der Waals surface area contributed by atoms with Crippen LogP contribution >= 0.6 is 0 Å². The number of amides is 2. The summed E-state index contributed by atoms with van der Waals surface area (Å²) in [4.78, 5) is 22.0. The quantitative estimate of drug-likeness (QED) is 0.716. The number of nitrogens with two attached hydrogens (primary N) is 1. The summed E-state index contributed by atoms with van der Waals surface area (Å²) >= 11 is 0. The Morgan fingerprint density at radius 3 is 2.67 bits per heavy atom. The van der Waals surface area contributed by atoms with Crippen molar-refractivity contribution in [1.29, 1.82) is 0 Å². The van der Waals surface area contributed by atoms with Gasteiger partial charge in [0.25, 0.3) is 0 Å². The van der Waals surface area contributed by atoms with Crippen LogP contribution in [0.2, 0.25) is 0 Å². The van der Waals surface area contributed by atoms with Crippen LogP contribution in [0.3, 0.4) is 0 Å². The van der Waals surface area contributed by atoms with Crippen LogP contribution in [0.4, 0.5) is 4.79 Å². The van der Waals surface area contributed by atoms with Gasteiger partial charge in [0.1, 0.15) is 0 Å². The van der Waals surface area contributed by atoms with E-state index in [1.165, 1.54) is 6.92 Å². The molecule has 15 heavy (non-hydrogen) atoms. The van der Waals surface area contributed by atoms with E-state index in [0.717, 1.165) is 5.57 Å². The molecule has 3 N–H and O–H groups in total. The second-order valence-corrected chi connectivity index (χ2v) is 3.43. The molecule has 0 atom stereocenters. The fourth-order valence-electron chi connectivity index (χ4n) is 1.33. The molecule has 0 spiro atoms. The van der Waals surface area contributed by atoms with E-state index in [4.69, 9.17) is 5.73 Å². The van der Waals surface area contributed by atoms with Crippen molar-refractivity contribution in [3.8, 4) is 0 Å². The number of allylic oxidation sites excluding steroid dienone is 5. The summed E-state index contributed by atoms with van der Waals surface area (Å²) in [7, 11) is 0. The maximum absolute atomic E-state index is 11.2. The summed E-state index contributed by atoms with van der Waals surface area (Å²) in [6.45, 7) is 3.36. The molecule has 0 saturated heterocycles. The minimum absolute atomic E-state index is 0.00174. The Labute approximate surface area is 88.5 Å². The van der Waals surface area contributed by atoms with Crippen molar-refractivity contribution in [1.82, 2.24) is 5.32 Å². The fourth-order valence-corrected chi connectivity index (χ4v) is 1.33. The normalized spacial score (nSPS) is 15.7. The maximum atomic E-state index is 11.2. The average molecular weight is 206 g/mol. The summed E-state index contributed by atoms with van der Waals surface area (Å²) in [5.74, 6) is -0.00174. The van der Waals surface area contributed by atoms with Crippen molar-refractivity contribution in [2.45, 2.75) is 20.3 Å². The van der Waals surface area contributed by atoms with Crippen LogP contribution in [0.1, 0.15) is 20.3 Å². The number of primary amides is 1. The van der Waals surface area contributed by atoms with Crippen LogP contribution in [-0.4, -0.2) is 11.8 Å². The van der Waals surface area contributed by atoms with Gasteiger partial charge in [-0.05, 0) is 19.4 Å². The minimum Gasteiger partial charge on any atom is -0.351 e. The molecular formula is C11H14N2O2. The van der Waals surface area contributed by atoms with Crippen molar-refractivity contribution in [2.24, 2.45) is 5.73 Å². The standard InChI is InChI=1S/C11H14N2O2/c1-7-4-3-5-9(8(2)14)6-10(7)13-11(12)15/h3-5H,6H2,1-2H3,(H3,12,13,15). The first kappa shape index (κ1) is 11.2. The smallest absolute Gasteiger partial charge is 0.316 e. The predicted molar refractivity (Wildman–Crippen MR) is 57.9 cm³/mol. The van der Waals surface area contributed by atoms with E-state index < -0.39 is 6.03 Å². The SMILES string of the molecule is CC(=O)C1=CC=CC(C)=C(NC(N)=O)C1. The van der Waals surface area contributed by atoms with Gasteiger partial charge in [0.15, 0.2) is 5.78 Å². The number of hydrogen-bond donors (Lipinski definition) is 2. The number of rotatable bonds is 2. The topological polar surface area (TPSA) is 72.2 Å². The lowest BCUT2D eigenvalue weighted by Gasteiger charge is -2.09. The van der Waals surface area contributed by atoms with Gasteiger partial charge in [-0.15, -0.1) is 0 Å². The second kappa shape index (κ2) is 4.59. The Balaban J connectivity index is 2.95. The Kier molecular flexibility index (Phi) is 3.44. The molecule has 1 rings (SSSR count). The molecule has 80 valence electrons. The molecule has 0 saturated carbocycles. The van der Waals surface area contributed by atoms with Gasteiger partial charge in [-0.2, -0.15) is 0 Å². The third-order valence-corrected chi connectivity index (χ3v) is 2.21. The Hall–Kier alpha value is -1.84. The number of Topliss-reactive ketones (excluding diaryl/α,β-unsaturated/α-hetero) is 1. The van der Waals surface area contributed by atoms with Crippen LogP contribution in [0, 0.1) is 0 Å². The lowest BCUT2D eigenvalue weighted by Crippen LogP contribution is -2.29. The van der Waals surface area contributed by atoms with Gasteiger partial charge in [-0.3, -0.25) is 4.79 Å². The predicted octanol–water partition coefficient (Wildman–Crippen LogP) is 1.40. The summed E-state index contributed by atoms with van der Waals surface area (Å²) in [5, 5.41) is 2.53. The van der Waals surface area contributed by atoms with Crippen molar-refractivity contribution >= 4 is 11.8 Å². The number of ketones is 1. The Morgan fingerprint density at radius 1 is 1.47 bits per heavy atom. The highest BCUT2D eigenvalue weighted by molar-refractivity contribution is 5.94. The highest BCUT2D eigenvalue weighted by Crippen LogP contribution is 2.18. The molecule has 0 aromatic heterocycles. The average Bonchev–Trinajstić information content (AvgIpc) is 2.28. The van der Waals surface area contributed by atoms with Gasteiger partial charge in [0.05, 0.1) is 0 Å². The van der Waals surface area contributed by atoms with E-state index in [9.17, 15) is 9.59 Å². The van der Waals surface area contributed by atoms with E-state index in [0.29, 0.717) is 17.7 Å². The van der Waals surface area contributed by atoms with E-state index in [2.05, 4.69) is 5.32 Å². The van der Waals surface area contributed by atoms with E-state index in [1.807, 2.05) is 13.0 Å². The van der Waals surface area contributed by atoms with Gasteiger partial charge >= 0.3 is 6.03 Å². The molecule has 0 aromatic rings. The molecule has 4 nitrogen and oxygen atoms in total. The molecule has 0 heterocycles. The van der Waals surface area contributed by atoms with Crippen molar-refractivity contribution < 1.29 is 9.59 Å². The molecular weight excluding hydrogens is 192 g/mol. The molecule has 1 aliphatic carbocycles. The molecule has 0 bridgehead atoms. The number of nitrogens with one attached hydrogen (secondary N) is 1. The summed E-state index contributed by atoms with van der Waals surface area (Å²) in [6.07, 6.45) is 5.79. The molecule has 2 amide bonds. The van der Waals surface area contributed by atoms with Crippen molar-refractivity contribution in [2.75, 3.05) is 0 Å². The van der Waals surface area contributed by atoms with E-state index in [-0.39, 0.29) is 5.78 Å². The fraction of sp³-hybridized carbons (Fsp3) is 0.273. The molecule has 0 aromatic carbocycles. The highest BCUT2D eigenvalue weighted by atomic mass is 16.2. The van der Waals surface area contributed by atoms with Gasteiger partial charge in [-0.25, -0.2) is 4.79 Å². The van der Waals surface area contributed by atoms with Crippen LogP contribution in [0.5, 0.6) is 0 Å². The Bertz CT molecular complexity index is 389. The monoisotopic (exact) mass is 206 g/mol. The number of carbonyl (C=O) groups excluding carboxylic acids is 2. The summed E-state index contributed by atoms with van der Waals surface area (Å²) in [5.41, 5.74) is 7.29. The Morgan fingerprint density at radius 2 is 2.13 bits per heavy atom. The molecule has 0 fully saturated rings. The number of urea groups is 1. The zero-order valence-corrected chi connectivity index (χ0v) is 8.83. The molecule has 0 unspecified atom stereocenters. The highest BCUT2D eigenvalue weighted by Gasteiger charge is 2.11. The van der Waals surface area contributed by atoms with Gasteiger partial charge < -0.3 is 11.1 Å². The van der Waals surface area contributed by atoms with Gasteiger partial charge in [0, 0.05) is 17.7 Å². The first-order valence-electron chi connectivity index (χ1n) is 4.65. The van der Waals surface area contributed by atoms with Gasteiger partial charge in [0.2, 0.25) is 0 Å². The van der Waals surface area contributed by atoms with E-state index in [1.54, 1.807) is 12.2 Å². The van der Waals surface area contributed by atoms with Crippen LogP contribution in [-0.2, 0) is 4.79 Å². The molecule has 0 radical (unpaired) electrons. The molecule has 4 heteroatoms. The zero-order valence-electron chi connectivity index (χ0n) is 8.83. The van der Waals surface area contributed by atoms with Gasteiger partial charge in [-0.1, -0.05) is 18.2 Å². The third-order valence-electron chi connectivity index (χ3n) is 2.21. The van der Waals surface area contributed by atoms with Crippen LogP contribution in [0.25, 0.3) is 0 Å². The lowest BCUT2D eigenvalue weighted by atomic mass is 10.1. The minimum atomic E-state index is -0.609. The van der Waals surface area contributed by atoms with Crippen molar-refractivity contribution in [3.05, 3.63) is 35.1 Å². The van der Waals surface area contributed by atoms with Crippen molar-refractivity contribution in [3.63, 3.8) is 0 Å². The van der Waals surface area contributed by atoms with Crippen LogP contribution in [0.15, 0.2) is 35.1 Å². The largest absolute Gasteiger partial charge is 0.351 e. The van der Waals surface area contributed by atoms with E-state index >= 15 is 0 Å². The zero-order chi connectivity index (χ0) is 11.4. The first-order chi connectivity index (χ1) is 7.00. The lowest BCUT2D eigenvalue weighted by molar-refractivity contribution is -0.113.